The number of sulfonamides is 1. The zero-order chi connectivity index (χ0) is 26.8. The molecule has 0 radical (unpaired) electrons. The molecule has 0 amide bonds. The standard InChI is InChI=1S/C30H29N5O2S/c1-30(2,3)35-38(36,37)24-16-22(17-31-19-24)27-20-34-29(33-18-23-12-7-8-15-32-23)28-25(13-9-14-26(27)28)21-10-5-4-6-11-21/h4-17,19-20,35H,18H2,1-3H3,(H,33,34). The van der Waals surface area contributed by atoms with Gasteiger partial charge in [-0.1, -0.05) is 54.6 Å². The quantitative estimate of drug-likeness (QED) is 0.270. The summed E-state index contributed by atoms with van der Waals surface area (Å²) in [4.78, 5) is 13.6. The lowest BCUT2D eigenvalue weighted by atomic mass is 9.94. The number of pyridine rings is 3. The Balaban J connectivity index is 1.66. The summed E-state index contributed by atoms with van der Waals surface area (Å²) in [5, 5.41) is 5.33. The van der Waals surface area contributed by atoms with Crippen molar-refractivity contribution < 1.29 is 8.42 Å². The van der Waals surface area contributed by atoms with Crippen LogP contribution in [0.15, 0.2) is 102 Å². The van der Waals surface area contributed by atoms with Crippen LogP contribution in [0.1, 0.15) is 26.5 Å². The molecule has 38 heavy (non-hydrogen) atoms. The molecule has 8 heteroatoms. The second-order valence-corrected chi connectivity index (χ2v) is 11.7. The van der Waals surface area contributed by atoms with E-state index in [1.165, 1.54) is 6.20 Å². The number of nitrogens with one attached hydrogen (secondary N) is 2. The second-order valence-electron chi connectivity index (χ2n) is 10.1. The van der Waals surface area contributed by atoms with E-state index in [1.54, 1.807) is 45.4 Å². The van der Waals surface area contributed by atoms with Gasteiger partial charge < -0.3 is 5.32 Å². The molecular weight excluding hydrogens is 494 g/mol. The molecule has 2 aromatic carbocycles. The zero-order valence-corrected chi connectivity index (χ0v) is 22.3. The average molecular weight is 524 g/mol. The van der Waals surface area contributed by atoms with Gasteiger partial charge in [-0.3, -0.25) is 9.97 Å². The molecule has 5 rings (SSSR count). The lowest BCUT2D eigenvalue weighted by Gasteiger charge is -2.20. The maximum Gasteiger partial charge on any atom is 0.242 e. The normalized spacial score (nSPS) is 12.0. The van der Waals surface area contributed by atoms with Crippen molar-refractivity contribution in [2.24, 2.45) is 0 Å². The van der Waals surface area contributed by atoms with Crippen molar-refractivity contribution >= 4 is 26.6 Å². The lowest BCUT2D eigenvalue weighted by Crippen LogP contribution is -2.40. The van der Waals surface area contributed by atoms with E-state index in [0.717, 1.165) is 39.0 Å². The fraction of sp³-hybridized carbons (Fsp3) is 0.167. The van der Waals surface area contributed by atoms with Gasteiger partial charge in [-0.25, -0.2) is 18.1 Å². The van der Waals surface area contributed by atoms with E-state index in [-0.39, 0.29) is 4.90 Å². The van der Waals surface area contributed by atoms with Gasteiger partial charge in [0.05, 0.1) is 12.2 Å². The van der Waals surface area contributed by atoms with Crippen LogP contribution < -0.4 is 10.0 Å². The fourth-order valence-electron chi connectivity index (χ4n) is 4.37. The Morgan fingerprint density at radius 3 is 2.32 bits per heavy atom. The van der Waals surface area contributed by atoms with Crippen LogP contribution in [0.25, 0.3) is 33.0 Å². The molecule has 0 aliphatic heterocycles. The summed E-state index contributed by atoms with van der Waals surface area (Å²) in [6, 6.07) is 23.7. The number of benzene rings is 2. The van der Waals surface area contributed by atoms with Gasteiger partial charge >= 0.3 is 0 Å². The highest BCUT2D eigenvalue weighted by Gasteiger charge is 2.23. The molecule has 5 aromatic rings. The predicted octanol–water partition coefficient (Wildman–Crippen LogP) is 6.05. The Morgan fingerprint density at radius 2 is 1.58 bits per heavy atom. The lowest BCUT2D eigenvalue weighted by molar-refractivity contribution is 0.491. The Kier molecular flexibility index (Phi) is 6.93. The average Bonchev–Trinajstić information content (AvgIpc) is 2.91. The molecule has 0 fully saturated rings. The van der Waals surface area contributed by atoms with Crippen LogP contribution in [0.5, 0.6) is 0 Å². The van der Waals surface area contributed by atoms with Crippen LogP contribution in [0, 0.1) is 0 Å². The molecular formula is C30H29N5O2S. The second kappa shape index (κ2) is 10.3. The van der Waals surface area contributed by atoms with Gasteiger partial charge in [0, 0.05) is 46.8 Å². The van der Waals surface area contributed by atoms with Gasteiger partial charge in [-0.15, -0.1) is 0 Å². The largest absolute Gasteiger partial charge is 0.364 e. The van der Waals surface area contributed by atoms with E-state index in [9.17, 15) is 8.42 Å². The maximum absolute atomic E-state index is 13.0. The van der Waals surface area contributed by atoms with Crippen molar-refractivity contribution in [3.8, 4) is 22.3 Å². The van der Waals surface area contributed by atoms with Gasteiger partial charge in [0.15, 0.2) is 0 Å². The smallest absolute Gasteiger partial charge is 0.242 e. The summed E-state index contributed by atoms with van der Waals surface area (Å²) < 4.78 is 28.8. The van der Waals surface area contributed by atoms with E-state index >= 15 is 0 Å². The van der Waals surface area contributed by atoms with Crippen LogP contribution in [0.2, 0.25) is 0 Å². The highest BCUT2D eigenvalue weighted by atomic mass is 32.2. The molecule has 3 heterocycles. The molecule has 0 aliphatic carbocycles. The molecule has 0 spiro atoms. The van der Waals surface area contributed by atoms with Gasteiger partial charge in [0.2, 0.25) is 10.0 Å². The van der Waals surface area contributed by atoms with E-state index in [1.807, 2.05) is 48.5 Å². The number of fused-ring (bicyclic) bond motifs is 1. The minimum absolute atomic E-state index is 0.106. The van der Waals surface area contributed by atoms with Crippen LogP contribution in [-0.4, -0.2) is 28.9 Å². The van der Waals surface area contributed by atoms with Gasteiger partial charge in [0.25, 0.3) is 0 Å². The summed E-state index contributed by atoms with van der Waals surface area (Å²) in [6.45, 7) is 5.93. The number of nitrogens with zero attached hydrogens (tertiary/aromatic N) is 3. The van der Waals surface area contributed by atoms with Crippen LogP contribution in [0.4, 0.5) is 5.82 Å². The highest BCUT2D eigenvalue weighted by molar-refractivity contribution is 7.89. The molecule has 0 unspecified atom stereocenters. The van der Waals surface area contributed by atoms with Crippen LogP contribution in [-0.2, 0) is 16.6 Å². The fourth-order valence-corrected chi connectivity index (χ4v) is 5.78. The van der Waals surface area contributed by atoms with E-state index in [4.69, 9.17) is 4.98 Å². The molecule has 3 aromatic heterocycles. The van der Waals surface area contributed by atoms with E-state index in [2.05, 4.69) is 38.2 Å². The Hall–Kier alpha value is -4.14. The molecule has 2 N–H and O–H groups in total. The highest BCUT2D eigenvalue weighted by Crippen LogP contribution is 2.38. The zero-order valence-electron chi connectivity index (χ0n) is 21.5. The number of hydrogen-bond acceptors (Lipinski definition) is 6. The molecule has 0 atom stereocenters. The molecule has 0 aliphatic rings. The van der Waals surface area contributed by atoms with E-state index < -0.39 is 15.6 Å². The van der Waals surface area contributed by atoms with E-state index in [0.29, 0.717) is 12.1 Å². The number of rotatable bonds is 7. The minimum Gasteiger partial charge on any atom is -0.364 e. The van der Waals surface area contributed by atoms with Crippen molar-refractivity contribution in [2.45, 2.75) is 37.8 Å². The third-order valence-corrected chi connectivity index (χ3v) is 7.66. The topological polar surface area (TPSA) is 96.9 Å². The molecule has 0 saturated heterocycles. The van der Waals surface area contributed by atoms with Crippen molar-refractivity contribution in [1.29, 1.82) is 0 Å². The van der Waals surface area contributed by atoms with Gasteiger partial charge in [-0.05, 0) is 55.5 Å². The summed E-state index contributed by atoms with van der Waals surface area (Å²) in [5.41, 5.74) is 3.82. The van der Waals surface area contributed by atoms with Crippen LogP contribution in [0.3, 0.4) is 0 Å². The van der Waals surface area contributed by atoms with Crippen molar-refractivity contribution in [2.75, 3.05) is 5.32 Å². The third kappa shape index (κ3) is 5.56. The Labute approximate surface area is 223 Å². The monoisotopic (exact) mass is 523 g/mol. The number of aromatic nitrogens is 3. The van der Waals surface area contributed by atoms with Crippen LogP contribution >= 0.6 is 0 Å². The first-order chi connectivity index (χ1) is 18.2. The first kappa shape index (κ1) is 25.5. The van der Waals surface area contributed by atoms with Gasteiger partial charge in [0.1, 0.15) is 10.7 Å². The summed E-state index contributed by atoms with van der Waals surface area (Å²) in [7, 11) is -3.75. The third-order valence-electron chi connectivity index (χ3n) is 5.94. The minimum atomic E-state index is -3.75. The Bertz CT molecular complexity index is 1680. The summed E-state index contributed by atoms with van der Waals surface area (Å²) in [6.07, 6.45) is 6.57. The number of hydrogen-bond donors (Lipinski definition) is 2. The SMILES string of the molecule is CC(C)(C)NS(=O)(=O)c1cncc(-c2cnc(NCc3ccccn3)c3c(-c4ccccc4)cccc23)c1. The first-order valence-electron chi connectivity index (χ1n) is 12.3. The maximum atomic E-state index is 13.0. The summed E-state index contributed by atoms with van der Waals surface area (Å²) >= 11 is 0. The summed E-state index contributed by atoms with van der Waals surface area (Å²) in [5.74, 6) is 0.722. The van der Waals surface area contributed by atoms with Crippen molar-refractivity contribution in [1.82, 2.24) is 19.7 Å². The molecule has 192 valence electrons. The van der Waals surface area contributed by atoms with Gasteiger partial charge in [-0.2, -0.15) is 0 Å². The van der Waals surface area contributed by atoms with Crippen molar-refractivity contribution in [3.63, 3.8) is 0 Å². The number of anilines is 1. The Morgan fingerprint density at radius 1 is 0.789 bits per heavy atom. The molecule has 0 bridgehead atoms. The van der Waals surface area contributed by atoms with Crippen molar-refractivity contribution in [3.05, 3.63) is 103 Å². The predicted molar refractivity (Wildman–Crippen MR) is 152 cm³/mol. The molecule has 7 nitrogen and oxygen atoms in total. The first-order valence-corrected chi connectivity index (χ1v) is 13.8. The molecule has 0 saturated carbocycles.